The van der Waals surface area contributed by atoms with Crippen molar-refractivity contribution in [3.63, 3.8) is 0 Å². The molecule has 0 aliphatic rings. The van der Waals surface area contributed by atoms with E-state index >= 15 is 0 Å². The first-order valence-corrected chi connectivity index (χ1v) is 8.54. The fraction of sp³-hybridized carbons (Fsp3) is 0.389. The van der Waals surface area contributed by atoms with E-state index in [9.17, 15) is 22.8 Å². The van der Waals surface area contributed by atoms with Crippen LogP contribution in [0.2, 0.25) is 0 Å². The summed E-state index contributed by atoms with van der Waals surface area (Å²) in [5, 5.41) is 15.7. The zero-order chi connectivity index (χ0) is 21.1. The third-order valence-corrected chi connectivity index (χ3v) is 4.18. The topological polar surface area (TPSA) is 87.5 Å². The van der Waals surface area contributed by atoms with Gasteiger partial charge in [-0.2, -0.15) is 18.3 Å². The molecule has 2 rings (SSSR count). The maximum Gasteiger partial charge on any atom is 0.416 e. The second-order valence-corrected chi connectivity index (χ2v) is 6.37. The molecule has 7 nitrogen and oxygen atoms in total. The van der Waals surface area contributed by atoms with E-state index in [1.807, 2.05) is 0 Å². The number of carboxylic acid groups (broad SMARTS) is 1. The highest BCUT2D eigenvalue weighted by Gasteiger charge is 2.30. The SMILES string of the molecule is CCc1c(NC(=O)N(C)CC(C)C(=O)O)cnn1-c1cccc(C(F)(F)F)c1. The lowest BCUT2D eigenvalue weighted by Gasteiger charge is -2.20. The van der Waals surface area contributed by atoms with E-state index in [1.54, 1.807) is 6.92 Å². The summed E-state index contributed by atoms with van der Waals surface area (Å²) in [7, 11) is 1.46. The standard InChI is InChI=1S/C18H21F3N4O3/c1-4-15-14(23-17(28)24(3)10-11(2)16(26)27)9-22-25(15)13-7-5-6-12(8-13)18(19,20)21/h5-9,11H,4,10H2,1-3H3,(H,23,28)(H,26,27). The summed E-state index contributed by atoms with van der Waals surface area (Å²) in [6, 6.07) is 4.20. The minimum atomic E-state index is -4.48. The molecule has 0 bridgehead atoms. The van der Waals surface area contributed by atoms with Crippen molar-refractivity contribution < 1.29 is 27.9 Å². The molecule has 1 atom stereocenters. The van der Waals surface area contributed by atoms with E-state index < -0.39 is 29.7 Å². The van der Waals surface area contributed by atoms with Crippen molar-refractivity contribution in [1.29, 1.82) is 0 Å². The third-order valence-electron chi connectivity index (χ3n) is 4.18. The van der Waals surface area contributed by atoms with Crippen LogP contribution in [0.15, 0.2) is 30.5 Å². The van der Waals surface area contributed by atoms with Gasteiger partial charge in [0.15, 0.2) is 0 Å². The molecule has 2 N–H and O–H groups in total. The van der Waals surface area contributed by atoms with Gasteiger partial charge in [0.1, 0.15) is 0 Å². The van der Waals surface area contributed by atoms with Crippen molar-refractivity contribution in [1.82, 2.24) is 14.7 Å². The van der Waals surface area contributed by atoms with Gasteiger partial charge in [-0.15, -0.1) is 0 Å². The highest BCUT2D eigenvalue weighted by atomic mass is 19.4. The molecular formula is C18H21F3N4O3. The Morgan fingerprint density at radius 1 is 1.36 bits per heavy atom. The van der Waals surface area contributed by atoms with E-state index in [4.69, 9.17) is 5.11 Å². The fourth-order valence-corrected chi connectivity index (χ4v) is 2.64. The molecule has 1 aromatic carbocycles. The Bertz CT molecular complexity index is 864. The first-order chi connectivity index (χ1) is 13.0. The van der Waals surface area contributed by atoms with Gasteiger partial charge in [0, 0.05) is 13.6 Å². The van der Waals surface area contributed by atoms with Gasteiger partial charge in [-0.1, -0.05) is 19.9 Å². The zero-order valence-corrected chi connectivity index (χ0v) is 15.6. The molecule has 1 unspecified atom stereocenters. The number of nitrogens with zero attached hydrogens (tertiary/aromatic N) is 3. The Kier molecular flexibility index (Phi) is 6.32. The average Bonchev–Trinajstić information content (AvgIpc) is 3.03. The van der Waals surface area contributed by atoms with Crippen molar-refractivity contribution in [3.05, 3.63) is 41.7 Å². The maximum absolute atomic E-state index is 13.0. The summed E-state index contributed by atoms with van der Waals surface area (Å²) in [6.45, 7) is 3.27. The van der Waals surface area contributed by atoms with Crippen molar-refractivity contribution in [2.45, 2.75) is 26.4 Å². The summed E-state index contributed by atoms with van der Waals surface area (Å²) in [5.41, 5.74) is 0.294. The number of aliphatic carboxylic acids is 1. The monoisotopic (exact) mass is 398 g/mol. The number of rotatable bonds is 6. The van der Waals surface area contributed by atoms with Gasteiger partial charge in [0.2, 0.25) is 0 Å². The number of hydrogen-bond acceptors (Lipinski definition) is 3. The van der Waals surface area contributed by atoms with Gasteiger partial charge in [0.25, 0.3) is 0 Å². The van der Waals surface area contributed by atoms with Gasteiger partial charge in [-0.3, -0.25) is 4.79 Å². The minimum Gasteiger partial charge on any atom is -0.481 e. The second kappa shape index (κ2) is 8.32. The van der Waals surface area contributed by atoms with Crippen LogP contribution in [-0.2, 0) is 17.4 Å². The van der Waals surface area contributed by atoms with Crippen LogP contribution in [-0.4, -0.2) is 45.4 Å². The Hall–Kier alpha value is -3.04. The van der Waals surface area contributed by atoms with Crippen LogP contribution in [0.1, 0.15) is 25.1 Å². The normalized spacial score (nSPS) is 12.5. The maximum atomic E-state index is 13.0. The quantitative estimate of drug-likeness (QED) is 0.778. The Labute approximate surface area is 159 Å². The van der Waals surface area contributed by atoms with E-state index in [2.05, 4.69) is 10.4 Å². The molecule has 0 aliphatic carbocycles. The lowest BCUT2D eigenvalue weighted by atomic mass is 10.2. The Morgan fingerprint density at radius 2 is 2.04 bits per heavy atom. The number of carbonyl (C=O) groups excluding carboxylic acids is 1. The van der Waals surface area contributed by atoms with Gasteiger partial charge in [-0.05, 0) is 24.6 Å². The molecule has 0 saturated carbocycles. The molecule has 2 amide bonds. The average molecular weight is 398 g/mol. The van der Waals surface area contributed by atoms with Crippen LogP contribution < -0.4 is 5.32 Å². The van der Waals surface area contributed by atoms with Crippen LogP contribution in [0.4, 0.5) is 23.7 Å². The van der Waals surface area contributed by atoms with Crippen molar-refractivity contribution in [3.8, 4) is 5.69 Å². The minimum absolute atomic E-state index is 0.00436. The van der Waals surface area contributed by atoms with Crippen molar-refractivity contribution in [2.24, 2.45) is 5.92 Å². The van der Waals surface area contributed by atoms with Crippen LogP contribution in [0.3, 0.4) is 0 Å². The second-order valence-electron chi connectivity index (χ2n) is 6.37. The van der Waals surface area contributed by atoms with Crippen LogP contribution in [0.5, 0.6) is 0 Å². The highest BCUT2D eigenvalue weighted by Crippen LogP contribution is 2.31. The highest BCUT2D eigenvalue weighted by molar-refractivity contribution is 5.90. The van der Waals surface area contributed by atoms with E-state index in [1.165, 1.54) is 41.9 Å². The van der Waals surface area contributed by atoms with Gasteiger partial charge >= 0.3 is 18.2 Å². The summed E-state index contributed by atoms with van der Waals surface area (Å²) >= 11 is 0. The van der Waals surface area contributed by atoms with Crippen LogP contribution in [0.25, 0.3) is 5.69 Å². The van der Waals surface area contributed by atoms with E-state index in [-0.39, 0.29) is 12.2 Å². The number of halogens is 3. The number of anilines is 1. The molecule has 28 heavy (non-hydrogen) atoms. The molecule has 0 spiro atoms. The number of alkyl halides is 3. The van der Waals surface area contributed by atoms with Crippen molar-refractivity contribution >= 4 is 17.7 Å². The lowest BCUT2D eigenvalue weighted by Crippen LogP contribution is -2.36. The van der Waals surface area contributed by atoms with Gasteiger partial charge in [0.05, 0.1) is 34.7 Å². The van der Waals surface area contributed by atoms with Crippen LogP contribution in [0, 0.1) is 5.92 Å². The van der Waals surface area contributed by atoms with Gasteiger partial charge in [-0.25, -0.2) is 9.48 Å². The number of carboxylic acids is 1. The number of aromatic nitrogens is 2. The molecule has 0 saturated heterocycles. The van der Waals surface area contributed by atoms with E-state index in [0.29, 0.717) is 17.8 Å². The summed E-state index contributed by atoms with van der Waals surface area (Å²) in [5.74, 6) is -1.76. The predicted molar refractivity (Wildman–Crippen MR) is 96.4 cm³/mol. The zero-order valence-electron chi connectivity index (χ0n) is 15.6. The predicted octanol–water partition coefficient (Wildman–Crippen LogP) is 3.64. The molecule has 0 aliphatic heterocycles. The Morgan fingerprint density at radius 3 is 2.61 bits per heavy atom. The molecule has 2 aromatic rings. The fourth-order valence-electron chi connectivity index (χ4n) is 2.64. The van der Waals surface area contributed by atoms with E-state index in [0.717, 1.165) is 12.1 Å². The first-order valence-electron chi connectivity index (χ1n) is 8.54. The number of amides is 2. The molecule has 10 heteroatoms. The number of carbonyl (C=O) groups is 2. The van der Waals surface area contributed by atoms with Crippen molar-refractivity contribution in [2.75, 3.05) is 18.9 Å². The number of nitrogens with one attached hydrogen (secondary N) is 1. The number of benzene rings is 1. The first kappa shape index (κ1) is 21.3. The summed E-state index contributed by atoms with van der Waals surface area (Å²) < 4.78 is 40.2. The molecule has 0 radical (unpaired) electrons. The molecule has 0 fully saturated rings. The molecule has 1 aromatic heterocycles. The van der Waals surface area contributed by atoms with Crippen LogP contribution >= 0.6 is 0 Å². The summed E-state index contributed by atoms with van der Waals surface area (Å²) in [4.78, 5) is 24.5. The lowest BCUT2D eigenvalue weighted by molar-refractivity contribution is -0.141. The largest absolute Gasteiger partial charge is 0.481 e. The number of hydrogen-bond donors (Lipinski definition) is 2. The molecule has 1 heterocycles. The Balaban J connectivity index is 2.25. The van der Waals surface area contributed by atoms with Gasteiger partial charge < -0.3 is 15.3 Å². The molecular weight excluding hydrogens is 377 g/mol. The third kappa shape index (κ3) is 4.81. The molecule has 152 valence electrons. The smallest absolute Gasteiger partial charge is 0.416 e. The number of urea groups is 1. The summed E-state index contributed by atoms with van der Waals surface area (Å²) in [6.07, 6.45) is -2.72.